The number of nitrogens with two attached hydrogens (primary N) is 1. The van der Waals surface area contributed by atoms with Crippen LogP contribution in [0.3, 0.4) is 0 Å². The van der Waals surface area contributed by atoms with Crippen molar-refractivity contribution >= 4 is 0 Å². The zero-order chi connectivity index (χ0) is 14.8. The predicted molar refractivity (Wildman–Crippen MR) is 82.6 cm³/mol. The number of hydrogen-bond acceptors (Lipinski definition) is 4. The highest BCUT2D eigenvalue weighted by molar-refractivity contribution is 5.24. The summed E-state index contributed by atoms with van der Waals surface area (Å²) in [6.07, 6.45) is 0.730. The number of aliphatic hydroxyl groups is 1. The molecule has 0 radical (unpaired) electrons. The van der Waals surface area contributed by atoms with Crippen molar-refractivity contribution in [1.29, 1.82) is 0 Å². The summed E-state index contributed by atoms with van der Waals surface area (Å²) in [5, 5.41) is 9.67. The zero-order valence-electron chi connectivity index (χ0n) is 12.7. The molecular weight excluding hydrogens is 252 g/mol. The van der Waals surface area contributed by atoms with Crippen LogP contribution in [0.5, 0.6) is 0 Å². The fourth-order valence-corrected chi connectivity index (χ4v) is 2.21. The van der Waals surface area contributed by atoms with Gasteiger partial charge in [-0.3, -0.25) is 0 Å². The Morgan fingerprint density at radius 3 is 2.45 bits per heavy atom. The van der Waals surface area contributed by atoms with Crippen LogP contribution in [-0.2, 0) is 10.3 Å². The van der Waals surface area contributed by atoms with E-state index in [-0.39, 0.29) is 6.61 Å². The Morgan fingerprint density at radius 2 is 1.90 bits per heavy atom. The highest BCUT2D eigenvalue weighted by Gasteiger charge is 2.26. The van der Waals surface area contributed by atoms with Gasteiger partial charge < -0.3 is 20.5 Å². The van der Waals surface area contributed by atoms with Crippen molar-refractivity contribution in [3.8, 4) is 0 Å². The summed E-state index contributed by atoms with van der Waals surface area (Å²) in [7, 11) is 0. The molecule has 1 unspecified atom stereocenters. The fraction of sp³-hybridized carbons (Fsp3) is 0.625. The van der Waals surface area contributed by atoms with E-state index in [1.54, 1.807) is 0 Å². The first-order chi connectivity index (χ1) is 9.66. The van der Waals surface area contributed by atoms with Gasteiger partial charge in [0.15, 0.2) is 0 Å². The molecule has 0 fully saturated rings. The van der Waals surface area contributed by atoms with Crippen LogP contribution in [0.15, 0.2) is 30.3 Å². The minimum Gasteiger partial charge on any atom is -0.394 e. The molecule has 0 heterocycles. The van der Waals surface area contributed by atoms with E-state index in [1.165, 1.54) is 0 Å². The molecule has 1 rings (SSSR count). The molecule has 0 bridgehead atoms. The number of aliphatic hydroxyl groups excluding tert-OH is 1. The molecule has 0 aromatic heterocycles. The molecule has 1 aromatic carbocycles. The molecule has 114 valence electrons. The van der Waals surface area contributed by atoms with E-state index < -0.39 is 5.54 Å². The second kappa shape index (κ2) is 9.08. The van der Waals surface area contributed by atoms with Crippen molar-refractivity contribution in [3.05, 3.63) is 35.9 Å². The van der Waals surface area contributed by atoms with E-state index in [2.05, 4.69) is 11.8 Å². The van der Waals surface area contributed by atoms with Gasteiger partial charge in [-0.25, -0.2) is 0 Å². The normalized spacial score (nSPS) is 14.4. The van der Waals surface area contributed by atoms with Gasteiger partial charge in [-0.2, -0.15) is 0 Å². The van der Waals surface area contributed by atoms with Crippen LogP contribution in [0, 0.1) is 0 Å². The van der Waals surface area contributed by atoms with E-state index in [9.17, 15) is 5.11 Å². The van der Waals surface area contributed by atoms with Gasteiger partial charge in [-0.1, -0.05) is 37.3 Å². The molecule has 0 saturated heterocycles. The van der Waals surface area contributed by atoms with Gasteiger partial charge in [0.1, 0.15) is 0 Å². The molecule has 20 heavy (non-hydrogen) atoms. The average Bonchev–Trinajstić information content (AvgIpc) is 2.51. The van der Waals surface area contributed by atoms with Gasteiger partial charge in [0.05, 0.1) is 18.8 Å². The SMILES string of the molecule is CCOCCN(CC)CCC(N)(CO)c1ccccc1. The molecule has 0 aliphatic heterocycles. The van der Waals surface area contributed by atoms with E-state index in [4.69, 9.17) is 10.5 Å². The summed E-state index contributed by atoms with van der Waals surface area (Å²) in [6.45, 7) is 8.30. The monoisotopic (exact) mass is 280 g/mol. The average molecular weight is 280 g/mol. The molecule has 1 atom stereocenters. The summed E-state index contributed by atoms with van der Waals surface area (Å²) in [4.78, 5) is 2.30. The number of benzene rings is 1. The van der Waals surface area contributed by atoms with Crippen LogP contribution in [0.25, 0.3) is 0 Å². The molecule has 1 aromatic rings. The second-order valence-corrected chi connectivity index (χ2v) is 5.06. The van der Waals surface area contributed by atoms with Crippen LogP contribution >= 0.6 is 0 Å². The second-order valence-electron chi connectivity index (χ2n) is 5.06. The third-order valence-corrected chi connectivity index (χ3v) is 3.71. The van der Waals surface area contributed by atoms with Gasteiger partial charge in [0.2, 0.25) is 0 Å². The molecule has 3 N–H and O–H groups in total. The Labute approximate surface area is 122 Å². The maximum Gasteiger partial charge on any atom is 0.0656 e. The van der Waals surface area contributed by atoms with E-state index in [0.717, 1.165) is 44.8 Å². The smallest absolute Gasteiger partial charge is 0.0656 e. The highest BCUT2D eigenvalue weighted by Crippen LogP contribution is 2.21. The predicted octanol–water partition coefficient (Wildman–Crippen LogP) is 1.58. The van der Waals surface area contributed by atoms with Gasteiger partial charge in [-0.15, -0.1) is 0 Å². The molecule has 0 aliphatic carbocycles. The largest absolute Gasteiger partial charge is 0.394 e. The Bertz CT molecular complexity index is 359. The first-order valence-corrected chi connectivity index (χ1v) is 7.41. The number of rotatable bonds is 10. The Hall–Kier alpha value is -0.940. The molecule has 0 aliphatic rings. The Balaban J connectivity index is 2.55. The molecule has 0 amide bonds. The molecule has 4 heteroatoms. The third kappa shape index (κ3) is 5.21. The van der Waals surface area contributed by atoms with Crippen LogP contribution in [0.4, 0.5) is 0 Å². The Kier molecular flexibility index (Phi) is 7.77. The van der Waals surface area contributed by atoms with Crippen molar-refractivity contribution in [1.82, 2.24) is 4.90 Å². The topological polar surface area (TPSA) is 58.7 Å². The zero-order valence-corrected chi connectivity index (χ0v) is 12.7. The minimum atomic E-state index is -0.666. The van der Waals surface area contributed by atoms with Crippen molar-refractivity contribution in [2.75, 3.05) is 39.5 Å². The van der Waals surface area contributed by atoms with Crippen LogP contribution < -0.4 is 5.73 Å². The summed E-state index contributed by atoms with van der Waals surface area (Å²) in [5.41, 5.74) is 6.69. The Morgan fingerprint density at radius 1 is 1.20 bits per heavy atom. The summed E-state index contributed by atoms with van der Waals surface area (Å²) in [5.74, 6) is 0. The molecular formula is C16H28N2O2. The lowest BCUT2D eigenvalue weighted by atomic mass is 9.88. The van der Waals surface area contributed by atoms with Gasteiger partial charge >= 0.3 is 0 Å². The maximum absolute atomic E-state index is 9.67. The lowest BCUT2D eigenvalue weighted by Gasteiger charge is -2.31. The van der Waals surface area contributed by atoms with Gasteiger partial charge in [0, 0.05) is 19.7 Å². The van der Waals surface area contributed by atoms with E-state index in [1.807, 2.05) is 37.3 Å². The first kappa shape index (κ1) is 17.1. The number of hydrogen-bond donors (Lipinski definition) is 2. The first-order valence-electron chi connectivity index (χ1n) is 7.41. The lowest BCUT2D eigenvalue weighted by molar-refractivity contribution is 0.106. The molecule has 0 spiro atoms. The number of likely N-dealkylation sites (N-methyl/N-ethyl adjacent to an activating group) is 1. The number of nitrogens with zero attached hydrogens (tertiary/aromatic N) is 1. The maximum atomic E-state index is 9.67. The van der Waals surface area contributed by atoms with Crippen molar-refractivity contribution in [2.24, 2.45) is 5.73 Å². The van der Waals surface area contributed by atoms with E-state index in [0.29, 0.717) is 0 Å². The van der Waals surface area contributed by atoms with Crippen molar-refractivity contribution in [3.63, 3.8) is 0 Å². The van der Waals surface area contributed by atoms with Crippen molar-refractivity contribution in [2.45, 2.75) is 25.8 Å². The van der Waals surface area contributed by atoms with Crippen LogP contribution in [0.1, 0.15) is 25.8 Å². The fourth-order valence-electron chi connectivity index (χ4n) is 2.21. The summed E-state index contributed by atoms with van der Waals surface area (Å²) < 4.78 is 5.39. The van der Waals surface area contributed by atoms with Gasteiger partial charge in [0.25, 0.3) is 0 Å². The standard InChI is InChI=1S/C16H28N2O2/c1-3-18(12-13-20-4-2)11-10-16(17,14-19)15-8-6-5-7-9-15/h5-9,19H,3-4,10-14,17H2,1-2H3. The third-order valence-electron chi connectivity index (χ3n) is 3.71. The highest BCUT2D eigenvalue weighted by atomic mass is 16.5. The van der Waals surface area contributed by atoms with Crippen molar-refractivity contribution < 1.29 is 9.84 Å². The van der Waals surface area contributed by atoms with Gasteiger partial charge in [-0.05, 0) is 25.5 Å². The quantitative estimate of drug-likeness (QED) is 0.639. The summed E-state index contributed by atoms with van der Waals surface area (Å²) >= 11 is 0. The van der Waals surface area contributed by atoms with Crippen LogP contribution in [-0.4, -0.2) is 49.5 Å². The lowest BCUT2D eigenvalue weighted by Crippen LogP contribution is -2.44. The molecule has 0 saturated carbocycles. The number of ether oxygens (including phenoxy) is 1. The summed E-state index contributed by atoms with van der Waals surface area (Å²) in [6, 6.07) is 9.83. The minimum absolute atomic E-state index is 0.0416. The molecule has 4 nitrogen and oxygen atoms in total. The van der Waals surface area contributed by atoms with E-state index >= 15 is 0 Å². The van der Waals surface area contributed by atoms with Crippen LogP contribution in [0.2, 0.25) is 0 Å².